The van der Waals surface area contributed by atoms with Crippen LogP contribution in [0.1, 0.15) is 31.2 Å². The van der Waals surface area contributed by atoms with E-state index in [2.05, 4.69) is 9.88 Å². The molecule has 0 radical (unpaired) electrons. The molecule has 0 aliphatic carbocycles. The first-order chi connectivity index (χ1) is 11.6. The molecule has 0 aromatic carbocycles. The zero-order chi connectivity index (χ0) is 17.1. The first-order valence-electron chi connectivity index (χ1n) is 8.30. The van der Waals surface area contributed by atoms with Crippen molar-refractivity contribution < 1.29 is 9.53 Å². The molecular formula is C17H21ClN4O2. The van der Waals surface area contributed by atoms with Gasteiger partial charge in [-0.1, -0.05) is 11.6 Å². The molecule has 2 saturated heterocycles. The summed E-state index contributed by atoms with van der Waals surface area (Å²) in [7, 11) is 0. The first kappa shape index (κ1) is 17.0. The molecule has 2 aliphatic rings. The van der Waals surface area contributed by atoms with E-state index in [0.29, 0.717) is 23.1 Å². The van der Waals surface area contributed by atoms with Crippen molar-refractivity contribution in [3.8, 4) is 6.07 Å². The van der Waals surface area contributed by atoms with Gasteiger partial charge in [0.1, 0.15) is 11.9 Å². The number of nitriles is 1. The van der Waals surface area contributed by atoms with Gasteiger partial charge in [-0.3, -0.25) is 4.79 Å². The number of piperidine rings is 1. The molecule has 3 heterocycles. The van der Waals surface area contributed by atoms with E-state index in [0.717, 1.165) is 44.6 Å². The molecule has 3 rings (SSSR count). The van der Waals surface area contributed by atoms with Gasteiger partial charge in [-0.05, 0) is 37.7 Å². The highest BCUT2D eigenvalue weighted by molar-refractivity contribution is 6.33. The molecule has 2 atom stereocenters. The number of ether oxygens (including phenoxy) is 1. The number of nitrogens with zero attached hydrogens (tertiary/aromatic N) is 3. The molecule has 1 aromatic heterocycles. The number of aromatic nitrogens is 1. The maximum Gasteiger partial charge on any atom is 0.223 e. The zero-order valence-electron chi connectivity index (χ0n) is 13.4. The molecule has 128 valence electrons. The number of anilines is 1. The quantitative estimate of drug-likeness (QED) is 0.899. The van der Waals surface area contributed by atoms with Crippen molar-refractivity contribution in [1.82, 2.24) is 4.98 Å². The summed E-state index contributed by atoms with van der Waals surface area (Å²) >= 11 is 6.24. The molecule has 24 heavy (non-hydrogen) atoms. The number of carbonyl (C=O) groups is 1. The lowest BCUT2D eigenvalue weighted by atomic mass is 9.86. The number of rotatable bonds is 4. The highest BCUT2D eigenvalue weighted by atomic mass is 35.5. The monoisotopic (exact) mass is 348 g/mol. The highest BCUT2D eigenvalue weighted by Crippen LogP contribution is 2.33. The van der Waals surface area contributed by atoms with Crippen LogP contribution in [0.4, 0.5) is 5.82 Å². The number of halogens is 1. The SMILES string of the molecule is N#Cc1cnc(N2CCC(C[C@H]3OCC[C@H]3C(N)=O)CC2)c(Cl)c1. The summed E-state index contributed by atoms with van der Waals surface area (Å²) in [6.07, 6.45) is 5.15. The largest absolute Gasteiger partial charge is 0.377 e. The predicted molar refractivity (Wildman–Crippen MR) is 90.6 cm³/mol. The van der Waals surface area contributed by atoms with Crippen LogP contribution in [0.3, 0.4) is 0 Å². The van der Waals surface area contributed by atoms with E-state index < -0.39 is 0 Å². The summed E-state index contributed by atoms with van der Waals surface area (Å²) in [4.78, 5) is 17.9. The van der Waals surface area contributed by atoms with Gasteiger partial charge < -0.3 is 15.4 Å². The minimum absolute atomic E-state index is 0.0318. The van der Waals surface area contributed by atoms with Crippen molar-refractivity contribution in [3.05, 3.63) is 22.8 Å². The minimum atomic E-state index is -0.247. The van der Waals surface area contributed by atoms with Crippen LogP contribution in [0.2, 0.25) is 5.02 Å². The Bertz CT molecular complexity index is 652. The topological polar surface area (TPSA) is 92.2 Å². The maximum atomic E-state index is 11.5. The Morgan fingerprint density at radius 3 is 2.83 bits per heavy atom. The van der Waals surface area contributed by atoms with E-state index in [9.17, 15) is 4.79 Å². The van der Waals surface area contributed by atoms with Crippen LogP contribution >= 0.6 is 11.6 Å². The van der Waals surface area contributed by atoms with E-state index in [4.69, 9.17) is 27.3 Å². The fourth-order valence-electron chi connectivity index (χ4n) is 3.64. The van der Waals surface area contributed by atoms with Crippen LogP contribution < -0.4 is 10.6 Å². The predicted octanol–water partition coefficient (Wildman–Crippen LogP) is 2.10. The second-order valence-corrected chi connectivity index (χ2v) is 6.92. The normalized spacial score (nSPS) is 24.8. The lowest BCUT2D eigenvalue weighted by Gasteiger charge is -2.34. The van der Waals surface area contributed by atoms with Crippen molar-refractivity contribution in [3.63, 3.8) is 0 Å². The van der Waals surface area contributed by atoms with Crippen LogP contribution in [-0.4, -0.2) is 36.7 Å². The summed E-state index contributed by atoms with van der Waals surface area (Å²) in [5, 5.41) is 9.40. The Hall–Kier alpha value is -1.84. The van der Waals surface area contributed by atoms with Crippen molar-refractivity contribution in [1.29, 1.82) is 5.26 Å². The van der Waals surface area contributed by atoms with E-state index in [-0.39, 0.29) is 17.9 Å². The number of hydrogen-bond donors (Lipinski definition) is 1. The van der Waals surface area contributed by atoms with Crippen LogP contribution in [0.15, 0.2) is 12.3 Å². The number of amides is 1. The summed E-state index contributed by atoms with van der Waals surface area (Å²) in [6.45, 7) is 2.34. The minimum Gasteiger partial charge on any atom is -0.377 e. The average molecular weight is 349 g/mol. The fourth-order valence-corrected chi connectivity index (χ4v) is 3.93. The summed E-state index contributed by atoms with van der Waals surface area (Å²) in [6, 6.07) is 3.69. The Labute approximate surface area is 146 Å². The van der Waals surface area contributed by atoms with Crippen molar-refractivity contribution in [2.75, 3.05) is 24.6 Å². The van der Waals surface area contributed by atoms with Crippen molar-refractivity contribution in [2.24, 2.45) is 17.6 Å². The molecule has 1 amide bonds. The molecule has 2 N–H and O–H groups in total. The Morgan fingerprint density at radius 1 is 1.46 bits per heavy atom. The maximum absolute atomic E-state index is 11.5. The third kappa shape index (κ3) is 3.63. The molecule has 2 aliphatic heterocycles. The van der Waals surface area contributed by atoms with E-state index >= 15 is 0 Å². The number of pyridine rings is 1. The van der Waals surface area contributed by atoms with Gasteiger partial charge in [0.2, 0.25) is 5.91 Å². The summed E-state index contributed by atoms with van der Waals surface area (Å²) in [5.41, 5.74) is 5.93. The van der Waals surface area contributed by atoms with Gasteiger partial charge >= 0.3 is 0 Å². The van der Waals surface area contributed by atoms with Gasteiger partial charge in [0.15, 0.2) is 0 Å². The first-order valence-corrected chi connectivity index (χ1v) is 8.67. The van der Waals surface area contributed by atoms with Crippen molar-refractivity contribution in [2.45, 2.75) is 31.8 Å². The van der Waals surface area contributed by atoms with Gasteiger partial charge in [0.05, 0.1) is 22.6 Å². The fraction of sp³-hybridized carbons (Fsp3) is 0.588. The summed E-state index contributed by atoms with van der Waals surface area (Å²) < 4.78 is 5.71. The molecule has 2 fully saturated rings. The van der Waals surface area contributed by atoms with E-state index in [1.165, 1.54) is 0 Å². The zero-order valence-corrected chi connectivity index (χ0v) is 14.2. The molecule has 1 aromatic rings. The number of hydrogen-bond acceptors (Lipinski definition) is 5. The van der Waals surface area contributed by atoms with Gasteiger partial charge in [0, 0.05) is 25.9 Å². The van der Waals surface area contributed by atoms with E-state index in [1.807, 2.05) is 6.07 Å². The van der Waals surface area contributed by atoms with Gasteiger partial charge in [-0.15, -0.1) is 0 Å². The van der Waals surface area contributed by atoms with Gasteiger partial charge in [-0.2, -0.15) is 5.26 Å². The molecule has 7 heteroatoms. The molecule has 0 saturated carbocycles. The molecular weight excluding hydrogens is 328 g/mol. The Morgan fingerprint density at radius 2 is 2.21 bits per heavy atom. The second kappa shape index (κ2) is 7.37. The molecule has 0 spiro atoms. The number of primary amides is 1. The Balaban J connectivity index is 1.56. The van der Waals surface area contributed by atoms with Crippen molar-refractivity contribution >= 4 is 23.3 Å². The van der Waals surface area contributed by atoms with E-state index in [1.54, 1.807) is 12.3 Å². The van der Waals surface area contributed by atoms with Crippen LogP contribution in [0, 0.1) is 23.2 Å². The average Bonchev–Trinajstić information content (AvgIpc) is 3.04. The smallest absolute Gasteiger partial charge is 0.223 e. The van der Waals surface area contributed by atoms with Gasteiger partial charge in [0.25, 0.3) is 0 Å². The van der Waals surface area contributed by atoms with Crippen LogP contribution in [-0.2, 0) is 9.53 Å². The van der Waals surface area contributed by atoms with Crippen LogP contribution in [0.5, 0.6) is 0 Å². The second-order valence-electron chi connectivity index (χ2n) is 6.51. The summed E-state index contributed by atoms with van der Waals surface area (Å²) in [5.74, 6) is 0.866. The number of carbonyl (C=O) groups excluding carboxylic acids is 1. The third-order valence-electron chi connectivity index (χ3n) is 5.01. The Kier molecular flexibility index (Phi) is 5.22. The number of nitrogens with two attached hydrogens (primary N) is 1. The highest BCUT2D eigenvalue weighted by Gasteiger charge is 2.35. The standard InChI is InChI=1S/C17H21ClN4O2/c18-14-7-12(9-19)10-21-17(14)22-4-1-11(2-5-22)8-15-13(16(20)23)3-6-24-15/h7,10-11,13,15H,1-6,8H2,(H2,20,23)/t13-,15-/m1/s1. The lowest BCUT2D eigenvalue weighted by Crippen LogP contribution is -2.37. The lowest BCUT2D eigenvalue weighted by molar-refractivity contribution is -0.123. The third-order valence-corrected chi connectivity index (χ3v) is 5.28. The van der Waals surface area contributed by atoms with Crippen LogP contribution in [0.25, 0.3) is 0 Å². The molecule has 0 bridgehead atoms. The molecule has 0 unspecified atom stereocenters. The molecule has 6 nitrogen and oxygen atoms in total. The van der Waals surface area contributed by atoms with Gasteiger partial charge in [-0.25, -0.2) is 4.98 Å².